The van der Waals surface area contributed by atoms with E-state index >= 15 is 8.78 Å². The van der Waals surface area contributed by atoms with Crippen molar-refractivity contribution in [2.75, 3.05) is 6.54 Å². The van der Waals surface area contributed by atoms with Crippen LogP contribution < -0.4 is 10.6 Å². The van der Waals surface area contributed by atoms with Crippen LogP contribution in [0.15, 0.2) is 78.4 Å². The summed E-state index contributed by atoms with van der Waals surface area (Å²) in [6.45, 7) is 4.77. The number of carbonyl (C=O) groups is 1. The molecule has 2 aliphatic rings. The van der Waals surface area contributed by atoms with Crippen molar-refractivity contribution in [3.05, 3.63) is 117 Å². The van der Waals surface area contributed by atoms with E-state index in [-0.39, 0.29) is 33.6 Å². The van der Waals surface area contributed by atoms with E-state index in [1.54, 1.807) is 0 Å². The van der Waals surface area contributed by atoms with Crippen LogP contribution in [0, 0.1) is 28.4 Å². The van der Waals surface area contributed by atoms with E-state index in [0.29, 0.717) is 6.54 Å². The second-order valence-corrected chi connectivity index (χ2v) is 12.9. The Morgan fingerprint density at radius 2 is 1.86 bits per heavy atom. The van der Waals surface area contributed by atoms with Crippen LogP contribution in [0.25, 0.3) is 0 Å². The molecule has 3 aromatic carbocycles. The highest BCUT2D eigenvalue weighted by molar-refractivity contribution is 6.31. The first-order valence-corrected chi connectivity index (χ1v) is 15.0. The lowest BCUT2D eigenvalue weighted by Gasteiger charge is -2.41. The molecule has 3 aromatic rings. The third-order valence-corrected chi connectivity index (χ3v) is 9.56. The number of benzene rings is 3. The third-order valence-electron chi connectivity index (χ3n) is 9.03. The van der Waals surface area contributed by atoms with Gasteiger partial charge in [-0.15, -0.1) is 0 Å². The van der Waals surface area contributed by atoms with Crippen molar-refractivity contribution < 1.29 is 18.7 Å². The van der Waals surface area contributed by atoms with E-state index < -0.39 is 46.4 Å². The maximum absolute atomic E-state index is 15.8. The number of carboxylic acid groups (broad SMARTS) is 1. The van der Waals surface area contributed by atoms with Crippen LogP contribution >= 0.6 is 23.2 Å². The summed E-state index contributed by atoms with van der Waals surface area (Å²) < 4.78 is 31.4. The number of carboxylic acids is 1. The number of nitriles is 1. The maximum Gasteiger partial charge on any atom is 0.321 e. The van der Waals surface area contributed by atoms with Gasteiger partial charge in [0.05, 0.1) is 11.1 Å². The minimum atomic E-state index is -1.81. The van der Waals surface area contributed by atoms with Gasteiger partial charge in [-0.25, -0.2) is 8.78 Å². The SMILES string of the molecule is CC(C)(C[C@@H]1N[C@@H](C(=O)O)[C@H](c2cccc(Cl)c2F)[C@@]1(C#N)c1ccc(Cl)cc1F)C1=CCNC(Cc2ccccc2)C1. The van der Waals surface area contributed by atoms with Crippen molar-refractivity contribution in [1.29, 1.82) is 5.26 Å². The summed E-state index contributed by atoms with van der Waals surface area (Å²) in [6.07, 6.45) is 4.01. The molecule has 224 valence electrons. The maximum atomic E-state index is 15.8. The van der Waals surface area contributed by atoms with Gasteiger partial charge in [-0.1, -0.05) is 97.2 Å². The van der Waals surface area contributed by atoms with Gasteiger partial charge in [-0.3, -0.25) is 10.1 Å². The minimum absolute atomic E-state index is 0.0397. The first-order chi connectivity index (χ1) is 20.5. The highest BCUT2D eigenvalue weighted by Gasteiger charge is 2.61. The van der Waals surface area contributed by atoms with Crippen LogP contribution in [0.3, 0.4) is 0 Å². The van der Waals surface area contributed by atoms with Gasteiger partial charge < -0.3 is 10.4 Å². The van der Waals surface area contributed by atoms with Crippen LogP contribution in [0.2, 0.25) is 10.0 Å². The summed E-state index contributed by atoms with van der Waals surface area (Å²) in [5.41, 5.74) is -0.0626. The summed E-state index contributed by atoms with van der Waals surface area (Å²) in [7, 11) is 0. The fraction of sp³-hybridized carbons (Fsp3) is 0.353. The van der Waals surface area contributed by atoms with Crippen LogP contribution in [-0.2, 0) is 16.6 Å². The van der Waals surface area contributed by atoms with Gasteiger partial charge in [0.1, 0.15) is 23.1 Å². The number of hydrogen-bond donors (Lipinski definition) is 3. The van der Waals surface area contributed by atoms with Crippen molar-refractivity contribution in [2.24, 2.45) is 5.41 Å². The normalized spacial score (nSPS) is 25.7. The van der Waals surface area contributed by atoms with Crippen LogP contribution in [0.5, 0.6) is 0 Å². The molecule has 1 saturated heterocycles. The number of nitrogens with zero attached hydrogens (tertiary/aromatic N) is 1. The standard InChI is InChI=1S/C34H33Cl2F2N3O2/c1-33(2,21-13-14-40-23(16-21)15-20-7-4-3-5-8-20)18-28-34(19-39,25-12-11-22(35)17-27(25)37)29(31(41-28)32(42)43)24-9-6-10-26(36)30(24)38/h3-13,17,23,28-29,31,40-41H,14-16,18H2,1-2H3,(H,42,43)/t23?,28-,29-,31+,34-/m0/s1. The average Bonchev–Trinajstić information content (AvgIpc) is 3.29. The number of aliphatic carboxylic acids is 1. The van der Waals surface area contributed by atoms with Crippen molar-refractivity contribution in [1.82, 2.24) is 10.6 Å². The predicted molar refractivity (Wildman–Crippen MR) is 164 cm³/mol. The highest BCUT2D eigenvalue weighted by atomic mass is 35.5. The van der Waals surface area contributed by atoms with Crippen LogP contribution in [0.4, 0.5) is 8.78 Å². The summed E-state index contributed by atoms with van der Waals surface area (Å²) in [5, 5.41) is 28.0. The highest BCUT2D eigenvalue weighted by Crippen LogP contribution is 2.53. The summed E-state index contributed by atoms with van der Waals surface area (Å²) in [5.74, 6) is -4.16. The molecule has 2 heterocycles. The van der Waals surface area contributed by atoms with Gasteiger partial charge in [-0.05, 0) is 54.0 Å². The average molecular weight is 625 g/mol. The van der Waals surface area contributed by atoms with E-state index in [1.807, 2.05) is 18.2 Å². The molecule has 0 amide bonds. The van der Waals surface area contributed by atoms with Crippen molar-refractivity contribution in [2.45, 2.75) is 62.6 Å². The molecule has 0 bridgehead atoms. The summed E-state index contributed by atoms with van der Waals surface area (Å²) in [6, 6.07) is 18.7. The second kappa shape index (κ2) is 12.4. The molecule has 1 unspecified atom stereocenters. The molecular weight excluding hydrogens is 591 g/mol. The summed E-state index contributed by atoms with van der Waals surface area (Å²) >= 11 is 12.2. The van der Waals surface area contributed by atoms with Crippen LogP contribution in [0.1, 0.15) is 49.3 Å². The van der Waals surface area contributed by atoms with Gasteiger partial charge in [0, 0.05) is 35.1 Å². The minimum Gasteiger partial charge on any atom is -0.480 e. The first kappa shape index (κ1) is 31.2. The van der Waals surface area contributed by atoms with Gasteiger partial charge in [-0.2, -0.15) is 5.26 Å². The Morgan fingerprint density at radius 3 is 2.53 bits per heavy atom. The molecule has 0 aliphatic carbocycles. The Balaban J connectivity index is 1.58. The summed E-state index contributed by atoms with van der Waals surface area (Å²) in [4.78, 5) is 12.7. The molecule has 5 rings (SSSR count). The molecule has 0 spiro atoms. The smallest absolute Gasteiger partial charge is 0.321 e. The number of rotatable bonds is 8. The van der Waals surface area contributed by atoms with Gasteiger partial charge >= 0.3 is 5.97 Å². The largest absolute Gasteiger partial charge is 0.480 e. The van der Waals surface area contributed by atoms with E-state index in [9.17, 15) is 15.2 Å². The predicted octanol–water partition coefficient (Wildman–Crippen LogP) is 7.19. The molecule has 9 heteroatoms. The third kappa shape index (κ3) is 5.94. The zero-order valence-electron chi connectivity index (χ0n) is 23.9. The van der Waals surface area contributed by atoms with Gasteiger partial charge in [0.15, 0.2) is 0 Å². The zero-order chi connectivity index (χ0) is 30.9. The Morgan fingerprint density at radius 1 is 1.12 bits per heavy atom. The topological polar surface area (TPSA) is 85.2 Å². The number of nitrogens with one attached hydrogen (secondary N) is 2. The molecule has 2 aliphatic heterocycles. The van der Waals surface area contributed by atoms with Gasteiger partial charge in [0.2, 0.25) is 0 Å². The van der Waals surface area contributed by atoms with Crippen molar-refractivity contribution >= 4 is 29.2 Å². The Labute approximate surface area is 260 Å². The van der Waals surface area contributed by atoms with Crippen molar-refractivity contribution in [3.8, 4) is 6.07 Å². The molecule has 43 heavy (non-hydrogen) atoms. The molecule has 5 nitrogen and oxygen atoms in total. The molecule has 0 radical (unpaired) electrons. The van der Waals surface area contributed by atoms with E-state index in [4.69, 9.17) is 23.2 Å². The lowest BCUT2D eigenvalue weighted by molar-refractivity contribution is -0.139. The lowest BCUT2D eigenvalue weighted by atomic mass is 9.61. The van der Waals surface area contributed by atoms with E-state index in [1.165, 1.54) is 35.9 Å². The molecule has 1 fully saturated rings. The Kier molecular flexibility index (Phi) is 8.97. The number of halogens is 4. The fourth-order valence-electron chi connectivity index (χ4n) is 6.94. The monoisotopic (exact) mass is 623 g/mol. The Bertz CT molecular complexity index is 1590. The van der Waals surface area contributed by atoms with Crippen LogP contribution in [-0.4, -0.2) is 35.7 Å². The van der Waals surface area contributed by atoms with E-state index in [2.05, 4.69) is 48.8 Å². The molecule has 5 atom stereocenters. The first-order valence-electron chi connectivity index (χ1n) is 14.2. The molecule has 0 aromatic heterocycles. The molecule has 3 N–H and O–H groups in total. The second-order valence-electron chi connectivity index (χ2n) is 12.1. The van der Waals surface area contributed by atoms with Crippen molar-refractivity contribution in [3.63, 3.8) is 0 Å². The molecule has 0 saturated carbocycles. The fourth-order valence-corrected chi connectivity index (χ4v) is 7.28. The molecular formula is C34H33Cl2F2N3O2. The van der Waals surface area contributed by atoms with Gasteiger partial charge in [0.25, 0.3) is 0 Å². The lowest BCUT2D eigenvalue weighted by Crippen LogP contribution is -2.46. The quantitative estimate of drug-likeness (QED) is 0.231. The zero-order valence-corrected chi connectivity index (χ0v) is 25.4. The number of hydrogen-bond acceptors (Lipinski definition) is 4. The Hall–Kier alpha value is -3.28. The van der Waals surface area contributed by atoms with E-state index in [0.717, 1.165) is 24.5 Å².